The third-order valence-corrected chi connectivity index (χ3v) is 2.20. The Kier molecular flexibility index (Phi) is 2.41. The van der Waals surface area contributed by atoms with Gasteiger partial charge in [-0.15, -0.1) is 0 Å². The molecule has 0 spiro atoms. The van der Waals surface area contributed by atoms with Gasteiger partial charge in [0.05, 0.1) is 6.61 Å². The van der Waals surface area contributed by atoms with Crippen LogP contribution >= 0.6 is 0 Å². The molecular formula is C8H10FN3O3. The van der Waals surface area contributed by atoms with Crippen molar-refractivity contribution >= 4 is 5.82 Å². The fourth-order valence-electron chi connectivity index (χ4n) is 1.42. The Hall–Kier alpha value is -1.47. The minimum Gasteiger partial charge on any atom is -0.387 e. The number of rotatable bonds is 1. The lowest BCUT2D eigenvalue weighted by Crippen LogP contribution is -2.32. The Bertz CT molecular complexity index is 422. The van der Waals surface area contributed by atoms with E-state index < -0.39 is 24.2 Å². The Morgan fingerprint density at radius 2 is 2.47 bits per heavy atom. The largest absolute Gasteiger partial charge is 0.387 e. The summed E-state index contributed by atoms with van der Waals surface area (Å²) >= 11 is 0. The van der Waals surface area contributed by atoms with Crippen LogP contribution in [-0.4, -0.2) is 33.5 Å². The first-order valence-electron chi connectivity index (χ1n) is 4.38. The molecule has 3 atom stereocenters. The highest BCUT2D eigenvalue weighted by Crippen LogP contribution is 2.25. The lowest BCUT2D eigenvalue weighted by Gasteiger charge is -2.15. The molecule has 1 fully saturated rings. The van der Waals surface area contributed by atoms with Crippen molar-refractivity contribution in [1.82, 2.24) is 9.55 Å². The van der Waals surface area contributed by atoms with E-state index in [1.165, 1.54) is 12.3 Å². The lowest BCUT2D eigenvalue weighted by atomic mass is 10.2. The molecule has 6 nitrogen and oxygen atoms in total. The molecule has 2 rings (SSSR count). The fourth-order valence-corrected chi connectivity index (χ4v) is 1.42. The monoisotopic (exact) mass is 215 g/mol. The summed E-state index contributed by atoms with van der Waals surface area (Å²) in [6.07, 6.45) is -2.67. The number of nitrogens with two attached hydrogens (primary N) is 1. The summed E-state index contributed by atoms with van der Waals surface area (Å²) in [6.45, 7) is -0.136. The molecule has 0 bridgehead atoms. The van der Waals surface area contributed by atoms with Gasteiger partial charge >= 0.3 is 5.69 Å². The van der Waals surface area contributed by atoms with Gasteiger partial charge < -0.3 is 15.6 Å². The number of ether oxygens (including phenoxy) is 1. The highest BCUT2D eigenvalue weighted by molar-refractivity contribution is 5.23. The normalized spacial score (nSPS) is 30.7. The van der Waals surface area contributed by atoms with Crippen LogP contribution in [0.15, 0.2) is 17.1 Å². The van der Waals surface area contributed by atoms with Gasteiger partial charge in [-0.3, -0.25) is 4.57 Å². The minimum absolute atomic E-state index is 0.0604. The molecule has 2 heterocycles. The summed E-state index contributed by atoms with van der Waals surface area (Å²) in [4.78, 5) is 14.8. The van der Waals surface area contributed by atoms with Crippen LogP contribution in [0.3, 0.4) is 0 Å². The van der Waals surface area contributed by atoms with E-state index in [-0.39, 0.29) is 12.4 Å². The molecule has 1 aliphatic rings. The number of nitrogen functional groups attached to an aromatic ring is 1. The van der Waals surface area contributed by atoms with Crippen molar-refractivity contribution in [3.63, 3.8) is 0 Å². The maximum absolute atomic E-state index is 13.4. The van der Waals surface area contributed by atoms with Crippen LogP contribution < -0.4 is 11.4 Å². The average Bonchev–Trinajstić information content (AvgIpc) is 2.49. The van der Waals surface area contributed by atoms with Crippen LogP contribution in [0.5, 0.6) is 0 Å². The van der Waals surface area contributed by atoms with Crippen molar-refractivity contribution in [1.29, 1.82) is 0 Å². The summed E-state index contributed by atoms with van der Waals surface area (Å²) in [5, 5.41) is 9.11. The zero-order valence-electron chi connectivity index (χ0n) is 7.71. The predicted molar refractivity (Wildman–Crippen MR) is 48.8 cm³/mol. The molecule has 0 aliphatic carbocycles. The van der Waals surface area contributed by atoms with E-state index in [4.69, 9.17) is 15.6 Å². The lowest BCUT2D eigenvalue weighted by molar-refractivity contribution is 0.0174. The third kappa shape index (κ3) is 1.71. The van der Waals surface area contributed by atoms with Crippen LogP contribution in [0.25, 0.3) is 0 Å². The van der Waals surface area contributed by atoms with E-state index in [9.17, 15) is 9.18 Å². The number of hydrogen-bond acceptors (Lipinski definition) is 5. The maximum atomic E-state index is 13.4. The predicted octanol–water partition coefficient (Wildman–Crippen LogP) is -0.947. The molecule has 3 N–H and O–H groups in total. The van der Waals surface area contributed by atoms with Crippen LogP contribution in [0.2, 0.25) is 0 Å². The number of anilines is 1. The molecule has 0 aromatic carbocycles. The van der Waals surface area contributed by atoms with Crippen molar-refractivity contribution in [2.75, 3.05) is 12.3 Å². The molecule has 7 heteroatoms. The summed E-state index contributed by atoms with van der Waals surface area (Å²) in [5.41, 5.74) is 4.58. The molecule has 1 saturated heterocycles. The molecule has 1 aliphatic heterocycles. The van der Waals surface area contributed by atoms with Crippen molar-refractivity contribution in [2.45, 2.75) is 18.5 Å². The van der Waals surface area contributed by atoms with E-state index in [0.29, 0.717) is 0 Å². The topological polar surface area (TPSA) is 90.4 Å². The van der Waals surface area contributed by atoms with Gasteiger partial charge in [-0.05, 0) is 6.07 Å². The number of alkyl halides is 1. The Labute approximate surface area is 84.1 Å². The number of aromatic nitrogens is 2. The zero-order chi connectivity index (χ0) is 11.0. The van der Waals surface area contributed by atoms with Gasteiger partial charge in [0.25, 0.3) is 0 Å². The second-order valence-electron chi connectivity index (χ2n) is 3.28. The SMILES string of the molecule is Nc1ccn([C@@H]2OC[C@@H](O)[C@@H]2F)c(=O)n1. The first-order chi connectivity index (χ1) is 7.09. The van der Waals surface area contributed by atoms with Gasteiger partial charge in [0.2, 0.25) is 0 Å². The molecule has 1 aromatic heterocycles. The Morgan fingerprint density at radius 1 is 1.73 bits per heavy atom. The smallest absolute Gasteiger partial charge is 0.351 e. The number of hydrogen-bond donors (Lipinski definition) is 2. The highest BCUT2D eigenvalue weighted by Gasteiger charge is 2.38. The standard InChI is InChI=1S/C8H10FN3O3/c9-6-4(13)3-15-7(6)12-2-1-5(10)11-8(12)14/h1-2,4,6-7,13H,3H2,(H2,10,11,14)/t4-,6+,7-/m1/s1. The van der Waals surface area contributed by atoms with Crippen LogP contribution in [0.4, 0.5) is 10.2 Å². The van der Waals surface area contributed by atoms with Gasteiger partial charge in [0, 0.05) is 6.20 Å². The molecular weight excluding hydrogens is 205 g/mol. The van der Waals surface area contributed by atoms with Crippen molar-refractivity contribution in [3.8, 4) is 0 Å². The van der Waals surface area contributed by atoms with Gasteiger partial charge in [-0.1, -0.05) is 0 Å². The molecule has 0 radical (unpaired) electrons. The quantitative estimate of drug-likeness (QED) is 0.630. The zero-order valence-corrected chi connectivity index (χ0v) is 7.71. The van der Waals surface area contributed by atoms with Gasteiger partial charge in [-0.25, -0.2) is 9.18 Å². The summed E-state index contributed by atoms with van der Waals surface area (Å²) in [7, 11) is 0. The van der Waals surface area contributed by atoms with Crippen molar-refractivity contribution in [3.05, 3.63) is 22.7 Å². The van der Waals surface area contributed by atoms with E-state index in [1.807, 2.05) is 0 Å². The molecule has 82 valence electrons. The minimum atomic E-state index is -1.63. The van der Waals surface area contributed by atoms with Gasteiger partial charge in [0.1, 0.15) is 11.9 Å². The van der Waals surface area contributed by atoms with E-state index >= 15 is 0 Å². The van der Waals surface area contributed by atoms with Crippen LogP contribution in [-0.2, 0) is 4.74 Å². The van der Waals surface area contributed by atoms with E-state index in [0.717, 1.165) is 4.57 Å². The first-order valence-corrected chi connectivity index (χ1v) is 4.38. The first kappa shape index (κ1) is 10.1. The van der Waals surface area contributed by atoms with Crippen LogP contribution in [0.1, 0.15) is 6.23 Å². The molecule has 1 aromatic rings. The number of aliphatic hydroxyl groups excluding tert-OH is 1. The third-order valence-electron chi connectivity index (χ3n) is 2.20. The van der Waals surface area contributed by atoms with E-state index in [2.05, 4.69) is 4.98 Å². The molecule has 0 saturated carbocycles. The summed E-state index contributed by atoms with van der Waals surface area (Å²) in [6, 6.07) is 1.36. The van der Waals surface area contributed by atoms with Gasteiger partial charge in [-0.2, -0.15) is 4.98 Å². The van der Waals surface area contributed by atoms with Crippen molar-refractivity contribution < 1.29 is 14.2 Å². The highest BCUT2D eigenvalue weighted by atomic mass is 19.1. The molecule has 15 heavy (non-hydrogen) atoms. The summed E-state index contributed by atoms with van der Waals surface area (Å²) in [5.74, 6) is 0.0604. The molecule has 0 amide bonds. The number of halogens is 1. The average molecular weight is 215 g/mol. The summed E-state index contributed by atoms with van der Waals surface area (Å²) < 4.78 is 19.3. The fraction of sp³-hybridized carbons (Fsp3) is 0.500. The molecule has 0 unspecified atom stereocenters. The van der Waals surface area contributed by atoms with E-state index in [1.54, 1.807) is 0 Å². The van der Waals surface area contributed by atoms with Gasteiger partial charge in [0.15, 0.2) is 12.4 Å². The number of nitrogens with zero attached hydrogens (tertiary/aromatic N) is 2. The van der Waals surface area contributed by atoms with Crippen molar-refractivity contribution in [2.24, 2.45) is 0 Å². The second-order valence-corrected chi connectivity index (χ2v) is 3.28. The van der Waals surface area contributed by atoms with Crippen LogP contribution in [0, 0.1) is 0 Å². The maximum Gasteiger partial charge on any atom is 0.351 e. The Morgan fingerprint density at radius 3 is 3.00 bits per heavy atom. The second kappa shape index (κ2) is 3.59. The number of aliphatic hydroxyl groups is 1. The Balaban J connectivity index is 2.34.